The van der Waals surface area contributed by atoms with Crippen molar-refractivity contribution in [1.29, 1.82) is 0 Å². The van der Waals surface area contributed by atoms with Crippen LogP contribution in [0.1, 0.15) is 16.7 Å². The van der Waals surface area contributed by atoms with Crippen molar-refractivity contribution in [1.82, 2.24) is 5.48 Å². The summed E-state index contributed by atoms with van der Waals surface area (Å²) >= 11 is 0. The van der Waals surface area contributed by atoms with Crippen LogP contribution < -0.4 is 10.2 Å². The fourth-order valence-electron chi connectivity index (χ4n) is 2.54. The van der Waals surface area contributed by atoms with Gasteiger partial charge in [-0.25, -0.2) is 14.9 Å². The summed E-state index contributed by atoms with van der Waals surface area (Å²) in [5.41, 5.74) is 0.713. The van der Waals surface area contributed by atoms with Crippen LogP contribution in [0.5, 0.6) is 5.75 Å². The molecule has 0 fully saturated rings. The van der Waals surface area contributed by atoms with Crippen molar-refractivity contribution in [3.63, 3.8) is 0 Å². The SMILES string of the molecule is O=C(NO)[C@H]1COC(c2ccc(OCc3cccc(F)c3)c(C(F)(F)F)c2)=N1. The third-order valence-corrected chi connectivity index (χ3v) is 3.88. The van der Waals surface area contributed by atoms with E-state index in [1.54, 1.807) is 0 Å². The van der Waals surface area contributed by atoms with Gasteiger partial charge < -0.3 is 9.47 Å². The van der Waals surface area contributed by atoms with Gasteiger partial charge in [0.25, 0.3) is 5.91 Å². The smallest absolute Gasteiger partial charge is 0.419 e. The quantitative estimate of drug-likeness (QED) is 0.461. The molecule has 2 aromatic carbocycles. The number of hydrogen-bond donors (Lipinski definition) is 2. The molecule has 0 saturated heterocycles. The lowest BCUT2D eigenvalue weighted by atomic mass is 10.1. The minimum Gasteiger partial charge on any atom is -0.488 e. The molecule has 1 aliphatic rings. The number of carbonyl (C=O) groups excluding carboxylic acids is 1. The highest BCUT2D eigenvalue weighted by Crippen LogP contribution is 2.37. The molecule has 1 heterocycles. The summed E-state index contributed by atoms with van der Waals surface area (Å²) in [5.74, 6) is -1.95. The maximum absolute atomic E-state index is 13.4. The molecule has 0 bridgehead atoms. The summed E-state index contributed by atoms with van der Waals surface area (Å²) in [6.07, 6.45) is -4.73. The molecule has 1 atom stereocenters. The second-order valence-corrected chi connectivity index (χ2v) is 5.86. The van der Waals surface area contributed by atoms with E-state index < -0.39 is 35.3 Å². The number of nitrogens with one attached hydrogen (secondary N) is 1. The van der Waals surface area contributed by atoms with E-state index in [0.29, 0.717) is 5.56 Å². The summed E-state index contributed by atoms with van der Waals surface area (Å²) in [4.78, 5) is 15.2. The first-order chi connectivity index (χ1) is 13.3. The topological polar surface area (TPSA) is 80.2 Å². The molecule has 0 aromatic heterocycles. The standard InChI is InChI=1S/C18H14F4N2O4/c19-12-3-1-2-10(6-12)8-27-15-5-4-11(7-13(15)18(20,21)22)17-23-14(9-28-17)16(25)24-26/h1-7,14,26H,8-9H2,(H,24,25)/t14-/m1/s1. The Balaban J connectivity index is 1.85. The van der Waals surface area contributed by atoms with Crippen LogP contribution >= 0.6 is 0 Å². The Morgan fingerprint density at radius 2 is 2.07 bits per heavy atom. The Morgan fingerprint density at radius 1 is 1.29 bits per heavy atom. The number of alkyl halides is 3. The zero-order valence-corrected chi connectivity index (χ0v) is 14.2. The fourth-order valence-corrected chi connectivity index (χ4v) is 2.54. The third kappa shape index (κ3) is 4.39. The van der Waals surface area contributed by atoms with Crippen molar-refractivity contribution in [3.05, 3.63) is 65.0 Å². The number of halogens is 4. The van der Waals surface area contributed by atoms with E-state index in [0.717, 1.165) is 18.2 Å². The van der Waals surface area contributed by atoms with E-state index in [9.17, 15) is 22.4 Å². The van der Waals surface area contributed by atoms with E-state index in [1.807, 2.05) is 0 Å². The molecular formula is C18H14F4N2O4. The van der Waals surface area contributed by atoms with Crippen LogP contribution in [0.3, 0.4) is 0 Å². The summed E-state index contributed by atoms with van der Waals surface area (Å²) in [6, 6.07) is 7.46. The van der Waals surface area contributed by atoms with Gasteiger partial charge in [-0.3, -0.25) is 10.0 Å². The molecule has 3 rings (SSSR count). The number of carbonyl (C=O) groups is 1. The lowest BCUT2D eigenvalue weighted by molar-refractivity contribution is -0.139. The Hall–Kier alpha value is -3.14. The van der Waals surface area contributed by atoms with E-state index in [1.165, 1.54) is 29.7 Å². The molecule has 28 heavy (non-hydrogen) atoms. The van der Waals surface area contributed by atoms with Crippen LogP contribution in [-0.4, -0.2) is 29.7 Å². The molecule has 148 valence electrons. The van der Waals surface area contributed by atoms with Gasteiger partial charge in [0.05, 0.1) is 5.56 Å². The summed E-state index contributed by atoms with van der Waals surface area (Å²) < 4.78 is 63.9. The number of ether oxygens (including phenoxy) is 2. The van der Waals surface area contributed by atoms with Crippen molar-refractivity contribution in [2.45, 2.75) is 18.8 Å². The Morgan fingerprint density at radius 3 is 2.75 bits per heavy atom. The number of amides is 1. The van der Waals surface area contributed by atoms with E-state index >= 15 is 0 Å². The molecule has 2 N–H and O–H groups in total. The average molecular weight is 398 g/mol. The largest absolute Gasteiger partial charge is 0.488 e. The predicted octanol–water partition coefficient (Wildman–Crippen LogP) is 3.07. The van der Waals surface area contributed by atoms with Gasteiger partial charge in [0.2, 0.25) is 5.90 Å². The Bertz CT molecular complexity index is 915. The average Bonchev–Trinajstić information content (AvgIpc) is 3.15. The first kappa shape index (κ1) is 19.6. The molecule has 0 radical (unpaired) electrons. The molecule has 2 aromatic rings. The van der Waals surface area contributed by atoms with Crippen molar-refractivity contribution in [2.75, 3.05) is 6.61 Å². The second-order valence-electron chi connectivity index (χ2n) is 5.86. The number of hydrogen-bond acceptors (Lipinski definition) is 5. The Labute approximate surface area is 156 Å². The van der Waals surface area contributed by atoms with Crippen molar-refractivity contribution >= 4 is 11.8 Å². The summed E-state index contributed by atoms with van der Waals surface area (Å²) in [7, 11) is 0. The normalized spacial score (nSPS) is 16.3. The van der Waals surface area contributed by atoms with Crippen molar-refractivity contribution in [3.8, 4) is 5.75 Å². The molecular weight excluding hydrogens is 384 g/mol. The summed E-state index contributed by atoms with van der Waals surface area (Å²) in [5, 5.41) is 8.60. The van der Waals surface area contributed by atoms with Gasteiger partial charge in [0.15, 0.2) is 6.04 Å². The lowest BCUT2D eigenvalue weighted by Gasteiger charge is -2.15. The first-order valence-electron chi connectivity index (χ1n) is 8.01. The molecule has 1 amide bonds. The summed E-state index contributed by atoms with van der Waals surface area (Å²) in [6.45, 7) is -0.461. The zero-order chi connectivity index (χ0) is 20.3. The Kier molecular flexibility index (Phi) is 5.50. The third-order valence-electron chi connectivity index (χ3n) is 3.88. The monoisotopic (exact) mass is 398 g/mol. The minimum atomic E-state index is -4.73. The first-order valence-corrected chi connectivity index (χ1v) is 8.01. The second kappa shape index (κ2) is 7.85. The molecule has 1 aliphatic heterocycles. The van der Waals surface area contributed by atoms with Gasteiger partial charge in [-0.15, -0.1) is 0 Å². The lowest BCUT2D eigenvalue weighted by Crippen LogP contribution is -2.31. The minimum absolute atomic E-state index is 0.00123. The number of nitrogens with zero attached hydrogens (tertiary/aromatic N) is 1. The highest BCUT2D eigenvalue weighted by atomic mass is 19.4. The van der Waals surface area contributed by atoms with E-state index in [-0.39, 0.29) is 24.7 Å². The van der Waals surface area contributed by atoms with Crippen LogP contribution in [-0.2, 0) is 22.3 Å². The van der Waals surface area contributed by atoms with Gasteiger partial charge in [0.1, 0.15) is 24.8 Å². The van der Waals surface area contributed by atoms with Crippen molar-refractivity contribution in [2.24, 2.45) is 4.99 Å². The van der Waals surface area contributed by atoms with E-state index in [2.05, 4.69) is 4.99 Å². The number of hydroxylamine groups is 1. The zero-order valence-electron chi connectivity index (χ0n) is 14.2. The van der Waals surface area contributed by atoms with Crippen LogP contribution in [0.25, 0.3) is 0 Å². The van der Waals surface area contributed by atoms with Gasteiger partial charge in [-0.05, 0) is 35.9 Å². The number of aliphatic imine (C=N–C) groups is 1. The molecule has 0 spiro atoms. The fraction of sp³-hybridized carbons (Fsp3) is 0.222. The van der Waals surface area contributed by atoms with Crippen LogP contribution in [0.15, 0.2) is 47.5 Å². The molecule has 6 nitrogen and oxygen atoms in total. The van der Waals surface area contributed by atoms with Gasteiger partial charge in [-0.1, -0.05) is 12.1 Å². The number of rotatable bonds is 5. The van der Waals surface area contributed by atoms with Crippen molar-refractivity contribution < 1.29 is 37.0 Å². The number of benzene rings is 2. The van der Waals surface area contributed by atoms with Crippen LogP contribution in [0, 0.1) is 5.82 Å². The maximum Gasteiger partial charge on any atom is 0.419 e. The van der Waals surface area contributed by atoms with Gasteiger partial charge in [-0.2, -0.15) is 13.2 Å². The molecule has 0 aliphatic carbocycles. The molecule has 10 heteroatoms. The van der Waals surface area contributed by atoms with Crippen LogP contribution in [0.4, 0.5) is 17.6 Å². The molecule has 0 unspecified atom stereocenters. The van der Waals surface area contributed by atoms with Gasteiger partial charge in [0, 0.05) is 5.56 Å². The van der Waals surface area contributed by atoms with E-state index in [4.69, 9.17) is 14.7 Å². The van der Waals surface area contributed by atoms with Crippen LogP contribution in [0.2, 0.25) is 0 Å². The predicted molar refractivity (Wildman–Crippen MR) is 88.4 cm³/mol. The maximum atomic E-state index is 13.4. The van der Waals surface area contributed by atoms with Gasteiger partial charge >= 0.3 is 6.18 Å². The molecule has 0 saturated carbocycles. The highest BCUT2D eigenvalue weighted by Gasteiger charge is 2.36. The highest BCUT2D eigenvalue weighted by molar-refractivity contribution is 5.98.